The van der Waals surface area contributed by atoms with Crippen LogP contribution in [0.1, 0.15) is 31.4 Å². The highest BCUT2D eigenvalue weighted by atomic mass is 32.1. The zero-order valence-electron chi connectivity index (χ0n) is 15.5. The van der Waals surface area contributed by atoms with E-state index >= 15 is 0 Å². The predicted molar refractivity (Wildman–Crippen MR) is 103 cm³/mol. The normalized spacial score (nSPS) is 32.5. The molecule has 1 aromatic heterocycles. The van der Waals surface area contributed by atoms with E-state index in [1.165, 1.54) is 18.4 Å². The number of likely N-dealkylation sites (tertiary alicyclic amines) is 1. The summed E-state index contributed by atoms with van der Waals surface area (Å²) in [6.45, 7) is 6.06. The molecule has 5 atom stereocenters. The Hall–Kier alpha value is -1.11. The molecule has 4 rings (SSSR count). The fourth-order valence-corrected chi connectivity index (χ4v) is 5.47. The van der Waals surface area contributed by atoms with Gasteiger partial charge in [-0.3, -0.25) is 4.99 Å². The fourth-order valence-electron chi connectivity index (χ4n) is 4.76. The lowest BCUT2D eigenvalue weighted by molar-refractivity contribution is 0.0767. The molecule has 3 saturated heterocycles. The van der Waals surface area contributed by atoms with Crippen LogP contribution in [0.25, 0.3) is 0 Å². The smallest absolute Gasteiger partial charge is 0.194 e. The maximum atomic E-state index is 6.11. The van der Waals surface area contributed by atoms with Gasteiger partial charge in [-0.1, -0.05) is 0 Å². The molecule has 3 aliphatic rings. The molecular formula is C19H30N4OS. The number of hydrogen-bond acceptors (Lipinski definition) is 4. The fraction of sp³-hybridized carbons (Fsp3) is 0.737. The van der Waals surface area contributed by atoms with E-state index in [1.807, 2.05) is 0 Å². The number of nitrogens with one attached hydrogen (secondary N) is 1. The summed E-state index contributed by atoms with van der Waals surface area (Å²) in [5.74, 6) is 2.51. The lowest BCUT2D eigenvalue weighted by atomic mass is 9.82. The second-order valence-electron chi connectivity index (χ2n) is 7.75. The van der Waals surface area contributed by atoms with Crippen molar-refractivity contribution in [3.63, 3.8) is 0 Å². The minimum atomic E-state index is 0.335. The first-order valence-electron chi connectivity index (χ1n) is 9.54. The second-order valence-corrected chi connectivity index (χ2v) is 8.53. The molecule has 4 heterocycles. The van der Waals surface area contributed by atoms with E-state index in [9.17, 15) is 0 Å². The average Bonchev–Trinajstić information content (AvgIpc) is 3.34. The van der Waals surface area contributed by atoms with Crippen LogP contribution in [-0.2, 0) is 4.74 Å². The Balaban J connectivity index is 1.46. The highest BCUT2D eigenvalue weighted by Crippen LogP contribution is 2.47. The first kappa shape index (κ1) is 17.3. The van der Waals surface area contributed by atoms with Gasteiger partial charge in [0.1, 0.15) is 0 Å². The highest BCUT2D eigenvalue weighted by Gasteiger charge is 2.53. The summed E-state index contributed by atoms with van der Waals surface area (Å²) in [5.41, 5.74) is 1.36. The van der Waals surface area contributed by atoms with Crippen molar-refractivity contribution in [3.8, 4) is 0 Å². The van der Waals surface area contributed by atoms with Crippen molar-refractivity contribution in [2.75, 3.05) is 40.3 Å². The molecule has 2 bridgehead atoms. The van der Waals surface area contributed by atoms with Gasteiger partial charge in [-0.2, -0.15) is 11.3 Å². The summed E-state index contributed by atoms with van der Waals surface area (Å²) in [6.07, 6.45) is 3.52. The Morgan fingerprint density at radius 3 is 2.64 bits per heavy atom. The summed E-state index contributed by atoms with van der Waals surface area (Å²) < 4.78 is 6.11. The van der Waals surface area contributed by atoms with E-state index in [0.29, 0.717) is 30.1 Å². The van der Waals surface area contributed by atoms with E-state index in [1.54, 1.807) is 11.3 Å². The van der Waals surface area contributed by atoms with Gasteiger partial charge in [-0.15, -0.1) is 0 Å². The third-order valence-corrected chi connectivity index (χ3v) is 6.75. The Morgan fingerprint density at radius 1 is 1.36 bits per heavy atom. The summed E-state index contributed by atoms with van der Waals surface area (Å²) in [5, 5.41) is 7.91. The maximum Gasteiger partial charge on any atom is 0.194 e. The van der Waals surface area contributed by atoms with Crippen molar-refractivity contribution in [2.24, 2.45) is 16.8 Å². The van der Waals surface area contributed by atoms with Crippen LogP contribution < -0.4 is 5.32 Å². The first-order valence-corrected chi connectivity index (χ1v) is 10.5. The van der Waals surface area contributed by atoms with Crippen molar-refractivity contribution < 1.29 is 4.74 Å². The Morgan fingerprint density at radius 2 is 2.08 bits per heavy atom. The van der Waals surface area contributed by atoms with Gasteiger partial charge in [0, 0.05) is 31.5 Å². The zero-order valence-corrected chi connectivity index (χ0v) is 16.3. The molecule has 25 heavy (non-hydrogen) atoms. The van der Waals surface area contributed by atoms with Gasteiger partial charge in [0.05, 0.1) is 24.8 Å². The molecule has 0 spiro atoms. The van der Waals surface area contributed by atoms with Crippen LogP contribution in [0, 0.1) is 11.8 Å². The number of rotatable bonds is 5. The number of thiophene rings is 1. The molecule has 5 unspecified atom stereocenters. The van der Waals surface area contributed by atoms with E-state index in [0.717, 1.165) is 32.1 Å². The van der Waals surface area contributed by atoms with Crippen molar-refractivity contribution in [1.29, 1.82) is 0 Å². The molecule has 6 heteroatoms. The second kappa shape index (κ2) is 7.25. The van der Waals surface area contributed by atoms with Crippen LogP contribution in [-0.4, -0.2) is 68.2 Å². The third-order valence-electron chi connectivity index (χ3n) is 6.05. The molecule has 0 saturated carbocycles. The monoisotopic (exact) mass is 362 g/mol. The van der Waals surface area contributed by atoms with Crippen LogP contribution >= 0.6 is 11.3 Å². The standard InChI is InChI=1S/C19H30N4OS/c1-4-20-19(21-9-16(22(2)3)13-7-8-25-12-13)23-10-14-15(11-23)18-6-5-17(14)24-18/h7-8,12,14-18H,4-6,9-11H2,1-3H3,(H,20,21). The molecule has 1 N–H and O–H groups in total. The molecule has 1 aromatic rings. The molecule has 3 fully saturated rings. The van der Waals surface area contributed by atoms with Gasteiger partial charge in [-0.25, -0.2) is 0 Å². The Kier molecular flexibility index (Phi) is 5.02. The molecule has 0 aliphatic carbocycles. The predicted octanol–water partition coefficient (Wildman–Crippen LogP) is 2.43. The van der Waals surface area contributed by atoms with Gasteiger partial charge in [0.2, 0.25) is 0 Å². The lowest BCUT2D eigenvalue weighted by Crippen LogP contribution is -2.41. The number of hydrogen-bond donors (Lipinski definition) is 1. The minimum Gasteiger partial charge on any atom is -0.374 e. The highest BCUT2D eigenvalue weighted by molar-refractivity contribution is 7.07. The van der Waals surface area contributed by atoms with Gasteiger partial charge in [-0.05, 0) is 56.3 Å². The topological polar surface area (TPSA) is 40.1 Å². The van der Waals surface area contributed by atoms with Gasteiger partial charge >= 0.3 is 0 Å². The van der Waals surface area contributed by atoms with Crippen molar-refractivity contribution in [2.45, 2.75) is 38.0 Å². The lowest BCUT2D eigenvalue weighted by Gasteiger charge is -2.26. The third kappa shape index (κ3) is 3.32. The summed E-state index contributed by atoms with van der Waals surface area (Å²) in [6, 6.07) is 2.55. The van der Waals surface area contributed by atoms with Crippen LogP contribution in [0.15, 0.2) is 21.8 Å². The molecule has 0 radical (unpaired) electrons. The summed E-state index contributed by atoms with van der Waals surface area (Å²) in [4.78, 5) is 9.77. The number of fused-ring (bicyclic) bond motifs is 5. The average molecular weight is 363 g/mol. The van der Waals surface area contributed by atoms with Crippen LogP contribution in [0.4, 0.5) is 0 Å². The number of ether oxygens (including phenoxy) is 1. The first-order chi connectivity index (χ1) is 12.2. The van der Waals surface area contributed by atoms with Crippen LogP contribution in [0.5, 0.6) is 0 Å². The minimum absolute atomic E-state index is 0.335. The van der Waals surface area contributed by atoms with Crippen molar-refractivity contribution >= 4 is 17.3 Å². The quantitative estimate of drug-likeness (QED) is 0.645. The summed E-state index contributed by atoms with van der Waals surface area (Å²) in [7, 11) is 4.28. The van der Waals surface area contributed by atoms with Gasteiger partial charge in [0.25, 0.3) is 0 Å². The van der Waals surface area contributed by atoms with Crippen LogP contribution in [0.2, 0.25) is 0 Å². The molecule has 5 nitrogen and oxygen atoms in total. The van der Waals surface area contributed by atoms with E-state index in [2.05, 4.69) is 53.0 Å². The van der Waals surface area contributed by atoms with Gasteiger partial charge < -0.3 is 19.9 Å². The van der Waals surface area contributed by atoms with E-state index < -0.39 is 0 Å². The Labute approximate surface area is 155 Å². The SMILES string of the molecule is CCNC(=NCC(c1ccsc1)N(C)C)N1CC2C3CCC(O3)C2C1. The molecule has 0 amide bonds. The zero-order chi connectivity index (χ0) is 17.4. The molecule has 3 aliphatic heterocycles. The molecular weight excluding hydrogens is 332 g/mol. The van der Waals surface area contributed by atoms with Crippen molar-refractivity contribution in [1.82, 2.24) is 15.1 Å². The van der Waals surface area contributed by atoms with Crippen LogP contribution in [0.3, 0.4) is 0 Å². The Bertz CT molecular complexity index is 585. The summed E-state index contributed by atoms with van der Waals surface area (Å²) >= 11 is 1.76. The largest absolute Gasteiger partial charge is 0.374 e. The van der Waals surface area contributed by atoms with E-state index in [-0.39, 0.29) is 0 Å². The maximum absolute atomic E-state index is 6.11. The number of guanidine groups is 1. The number of aliphatic imine (C=N–C) groups is 1. The van der Waals surface area contributed by atoms with E-state index in [4.69, 9.17) is 9.73 Å². The van der Waals surface area contributed by atoms with Crippen molar-refractivity contribution in [3.05, 3.63) is 22.4 Å². The molecule has 138 valence electrons. The molecule has 0 aromatic carbocycles. The number of likely N-dealkylation sites (N-methyl/N-ethyl adjacent to an activating group) is 1. The van der Waals surface area contributed by atoms with Gasteiger partial charge in [0.15, 0.2) is 5.96 Å². The number of nitrogens with zero attached hydrogens (tertiary/aromatic N) is 3.